The maximum absolute atomic E-state index is 14.0. The smallest absolute Gasteiger partial charge is 0.416 e. The lowest BCUT2D eigenvalue weighted by Crippen LogP contribution is -2.34. The van der Waals surface area contributed by atoms with Crippen molar-refractivity contribution in [3.8, 4) is 11.8 Å². The molecule has 1 heterocycles. The number of rotatable bonds is 6. The molecule has 0 atom stereocenters. The fraction of sp³-hybridized carbons (Fsp3) is 0.480. The Bertz CT molecular complexity index is 1170. The van der Waals surface area contributed by atoms with Crippen molar-refractivity contribution in [3.63, 3.8) is 0 Å². The Morgan fingerprint density at radius 1 is 1.14 bits per heavy atom. The number of nitrogens with zero attached hydrogens (tertiary/aromatic N) is 2. The molecule has 0 unspecified atom stereocenters. The van der Waals surface area contributed by atoms with E-state index in [2.05, 4.69) is 22.1 Å². The summed E-state index contributed by atoms with van der Waals surface area (Å²) in [5.74, 6) is 3.24. The van der Waals surface area contributed by atoms with Crippen LogP contribution in [0.15, 0.2) is 24.3 Å². The van der Waals surface area contributed by atoms with Crippen molar-refractivity contribution >= 4 is 23.5 Å². The molecular formula is C25H26ClF4N3O3. The van der Waals surface area contributed by atoms with Gasteiger partial charge in [-0.2, -0.15) is 13.2 Å². The van der Waals surface area contributed by atoms with Crippen LogP contribution < -0.4 is 5.32 Å². The second-order valence-corrected chi connectivity index (χ2v) is 9.69. The lowest BCUT2D eigenvalue weighted by atomic mass is 9.82. The maximum Gasteiger partial charge on any atom is 0.416 e. The minimum absolute atomic E-state index is 0.0316. The van der Waals surface area contributed by atoms with Crippen molar-refractivity contribution in [3.05, 3.63) is 52.1 Å². The van der Waals surface area contributed by atoms with E-state index in [1.54, 1.807) is 0 Å². The Labute approximate surface area is 211 Å². The van der Waals surface area contributed by atoms with Gasteiger partial charge in [-0.3, -0.25) is 9.59 Å². The number of hydrogen-bond donors (Lipinski definition) is 2. The van der Waals surface area contributed by atoms with Crippen molar-refractivity contribution < 1.29 is 32.3 Å². The summed E-state index contributed by atoms with van der Waals surface area (Å²) in [7, 11) is 0. The second kappa shape index (κ2) is 10.9. The molecule has 1 aromatic carbocycles. The van der Waals surface area contributed by atoms with Gasteiger partial charge in [-0.25, -0.2) is 9.37 Å². The van der Waals surface area contributed by atoms with Crippen LogP contribution in [0.5, 0.6) is 0 Å². The zero-order chi connectivity index (χ0) is 26.7. The average Bonchev–Trinajstić information content (AvgIpc) is 3.10. The van der Waals surface area contributed by atoms with E-state index in [1.807, 2.05) is 0 Å². The van der Waals surface area contributed by atoms with E-state index in [1.165, 1.54) is 30.5 Å². The molecule has 6 nitrogen and oxygen atoms in total. The van der Waals surface area contributed by atoms with Gasteiger partial charge < -0.3 is 15.0 Å². The van der Waals surface area contributed by atoms with Crippen LogP contribution in [0.3, 0.4) is 0 Å². The van der Waals surface area contributed by atoms with E-state index in [-0.39, 0.29) is 41.6 Å². The molecule has 36 heavy (non-hydrogen) atoms. The van der Waals surface area contributed by atoms with E-state index >= 15 is 0 Å². The number of nitrogens with one attached hydrogen (secondary N) is 1. The van der Waals surface area contributed by atoms with Gasteiger partial charge in [-0.1, -0.05) is 18.1 Å². The van der Waals surface area contributed by atoms with Crippen molar-refractivity contribution in [2.75, 3.05) is 6.54 Å². The Kier molecular flexibility index (Phi) is 8.34. The van der Waals surface area contributed by atoms with Crippen molar-refractivity contribution in [2.45, 2.75) is 57.9 Å². The number of amides is 1. The average molecular weight is 528 g/mol. The summed E-state index contributed by atoms with van der Waals surface area (Å²) < 4.78 is 54.0. The van der Waals surface area contributed by atoms with Crippen LogP contribution in [0.1, 0.15) is 66.8 Å². The number of aromatic nitrogens is 2. The molecule has 0 spiro atoms. The van der Waals surface area contributed by atoms with Crippen LogP contribution in [-0.4, -0.2) is 38.7 Å². The number of aliphatic carboxylic acids is 1. The third-order valence-electron chi connectivity index (χ3n) is 5.98. The van der Waals surface area contributed by atoms with Gasteiger partial charge in [0, 0.05) is 6.54 Å². The van der Waals surface area contributed by atoms with Gasteiger partial charge in [-0.15, -0.1) is 0 Å². The number of imidazole rings is 1. The van der Waals surface area contributed by atoms with Gasteiger partial charge in [-0.05, 0) is 80.7 Å². The summed E-state index contributed by atoms with van der Waals surface area (Å²) in [5.41, 5.74) is -2.32. The van der Waals surface area contributed by atoms with Gasteiger partial charge in [0.25, 0.3) is 5.91 Å². The molecule has 1 aliphatic rings. The molecule has 2 N–H and O–H groups in total. The standard InChI is InChI=1S/C25H26ClF4N3O3/c1-24(2,27)12-11-19-20(21(34)31-13-15-3-7-17(8-4-15)22(35)36)33(23(26)32-19)14-16-5-9-18(10-6-16)25(28,29)30/h5-6,9-10,15,17H,3-4,7-8,13-14H2,1-2H3,(H,31,34)(H,35,36). The van der Waals surface area contributed by atoms with Gasteiger partial charge in [0.1, 0.15) is 11.4 Å². The van der Waals surface area contributed by atoms with E-state index < -0.39 is 29.3 Å². The molecule has 1 fully saturated rings. The first-order valence-corrected chi connectivity index (χ1v) is 11.8. The van der Waals surface area contributed by atoms with Gasteiger partial charge in [0.15, 0.2) is 5.67 Å². The number of carbonyl (C=O) groups excluding carboxylic acids is 1. The number of carboxylic acid groups (broad SMARTS) is 1. The topological polar surface area (TPSA) is 84.2 Å². The molecule has 1 amide bonds. The Morgan fingerprint density at radius 2 is 1.75 bits per heavy atom. The monoisotopic (exact) mass is 527 g/mol. The number of carbonyl (C=O) groups is 2. The summed E-state index contributed by atoms with van der Waals surface area (Å²) >= 11 is 6.27. The molecule has 11 heteroatoms. The predicted octanol–water partition coefficient (Wildman–Crippen LogP) is 5.32. The highest BCUT2D eigenvalue weighted by Crippen LogP contribution is 2.30. The molecule has 0 saturated heterocycles. The SMILES string of the molecule is CC(C)(F)C#Cc1nc(Cl)n(Cc2ccc(C(F)(F)F)cc2)c1C(=O)NCC1CCC(C(=O)O)CC1. The van der Waals surface area contributed by atoms with Gasteiger partial charge in [0.05, 0.1) is 18.0 Å². The quantitative estimate of drug-likeness (QED) is 0.393. The first-order chi connectivity index (χ1) is 16.7. The van der Waals surface area contributed by atoms with Crippen molar-refractivity contribution in [1.29, 1.82) is 0 Å². The first-order valence-electron chi connectivity index (χ1n) is 11.4. The third kappa shape index (κ3) is 7.23. The molecule has 1 aromatic heterocycles. The molecule has 194 valence electrons. The third-order valence-corrected chi connectivity index (χ3v) is 6.27. The molecule has 0 bridgehead atoms. The van der Waals surface area contributed by atoms with Crippen molar-refractivity contribution in [2.24, 2.45) is 11.8 Å². The van der Waals surface area contributed by atoms with Crippen LogP contribution in [0, 0.1) is 23.7 Å². The van der Waals surface area contributed by atoms with Crippen LogP contribution in [0.4, 0.5) is 17.6 Å². The zero-order valence-corrected chi connectivity index (χ0v) is 20.5. The highest BCUT2D eigenvalue weighted by molar-refractivity contribution is 6.29. The molecule has 1 aliphatic carbocycles. The lowest BCUT2D eigenvalue weighted by Gasteiger charge is -2.26. The predicted molar refractivity (Wildman–Crippen MR) is 125 cm³/mol. The summed E-state index contributed by atoms with van der Waals surface area (Å²) in [4.78, 5) is 28.4. The Hall–Kier alpha value is -3.06. The fourth-order valence-electron chi connectivity index (χ4n) is 4.01. The van der Waals surface area contributed by atoms with Crippen molar-refractivity contribution in [1.82, 2.24) is 14.9 Å². The maximum atomic E-state index is 14.0. The Balaban J connectivity index is 1.84. The minimum Gasteiger partial charge on any atom is -0.481 e. The van der Waals surface area contributed by atoms with Crippen LogP contribution in [0.2, 0.25) is 5.28 Å². The zero-order valence-electron chi connectivity index (χ0n) is 19.8. The molecule has 0 aliphatic heterocycles. The number of carboxylic acids is 1. The van der Waals surface area contributed by atoms with Gasteiger partial charge in [0.2, 0.25) is 5.28 Å². The number of hydrogen-bond acceptors (Lipinski definition) is 3. The van der Waals surface area contributed by atoms with Gasteiger partial charge >= 0.3 is 12.1 Å². The minimum atomic E-state index is -4.48. The largest absolute Gasteiger partial charge is 0.481 e. The number of benzene rings is 1. The molecular weight excluding hydrogens is 502 g/mol. The molecule has 0 radical (unpaired) electrons. The summed E-state index contributed by atoms with van der Waals surface area (Å²) in [6.45, 7) is 2.72. The van der Waals surface area contributed by atoms with Crippen LogP contribution >= 0.6 is 11.6 Å². The first kappa shape index (κ1) is 27.5. The number of alkyl halides is 4. The molecule has 1 saturated carbocycles. The normalized spacial score (nSPS) is 18.3. The molecule has 2 aromatic rings. The van der Waals surface area contributed by atoms with E-state index in [9.17, 15) is 27.2 Å². The summed E-state index contributed by atoms with van der Waals surface area (Å²) in [5, 5.41) is 11.8. The van der Waals surface area contributed by atoms with Crippen LogP contribution in [-0.2, 0) is 17.5 Å². The molecule has 3 rings (SSSR count). The summed E-state index contributed by atoms with van der Waals surface area (Å²) in [6, 6.07) is 4.41. The highest BCUT2D eigenvalue weighted by atomic mass is 35.5. The highest BCUT2D eigenvalue weighted by Gasteiger charge is 2.30. The van der Waals surface area contributed by atoms with Crippen LogP contribution in [0.25, 0.3) is 0 Å². The van der Waals surface area contributed by atoms with E-state index in [0.717, 1.165) is 12.1 Å². The lowest BCUT2D eigenvalue weighted by molar-refractivity contribution is -0.143. The second-order valence-electron chi connectivity index (χ2n) is 9.35. The van der Waals surface area contributed by atoms with E-state index in [0.29, 0.717) is 31.2 Å². The number of halogens is 5. The Morgan fingerprint density at radius 3 is 2.28 bits per heavy atom. The van der Waals surface area contributed by atoms with E-state index in [4.69, 9.17) is 16.7 Å². The summed E-state index contributed by atoms with van der Waals surface area (Å²) in [6.07, 6.45) is -2.15. The fourth-order valence-corrected chi connectivity index (χ4v) is 4.24.